The second-order valence-corrected chi connectivity index (χ2v) is 9.11. The molecule has 5 heteroatoms. The molecule has 5 nitrogen and oxygen atoms in total. The Morgan fingerprint density at radius 3 is 1.76 bits per heavy atom. The topological polar surface area (TPSA) is 66.8 Å². The number of carbonyl (C=O) groups is 2. The van der Waals surface area contributed by atoms with E-state index in [1.165, 1.54) is 96.8 Å². The summed E-state index contributed by atoms with van der Waals surface area (Å²) < 4.78 is 5.16. The average Bonchev–Trinajstić information content (AvgIpc) is 2.81. The number of nitrogens with zero attached hydrogens (tertiary/aromatic N) is 1. The number of hydrogen-bond acceptors (Lipinski definition) is 4. The van der Waals surface area contributed by atoms with E-state index in [1.807, 2.05) is 0 Å². The number of esters is 1. The number of aliphatic hydroxyl groups excluding tert-OH is 1. The number of ether oxygens (including phenoxy) is 1. The second kappa shape index (κ2) is 19.6. The van der Waals surface area contributed by atoms with E-state index in [2.05, 4.69) is 6.92 Å². The molecule has 0 aliphatic rings. The highest BCUT2D eigenvalue weighted by atomic mass is 16.5. The highest BCUT2D eigenvalue weighted by molar-refractivity contribution is 5.79. The molecule has 0 saturated heterocycles. The first kappa shape index (κ1) is 29.2. The highest BCUT2D eigenvalue weighted by Crippen LogP contribution is 2.29. The Morgan fingerprint density at radius 1 is 0.848 bits per heavy atom. The van der Waals surface area contributed by atoms with Crippen LogP contribution in [0.2, 0.25) is 0 Å². The molecule has 0 saturated carbocycles. The zero-order valence-corrected chi connectivity index (χ0v) is 21.2. The van der Waals surface area contributed by atoms with Crippen molar-refractivity contribution in [2.75, 3.05) is 11.4 Å². The van der Waals surface area contributed by atoms with Crippen molar-refractivity contribution in [1.29, 1.82) is 0 Å². The first-order valence-corrected chi connectivity index (χ1v) is 13.3. The summed E-state index contributed by atoms with van der Waals surface area (Å²) in [5, 5.41) is 9.74. The van der Waals surface area contributed by atoms with Gasteiger partial charge in [0.25, 0.3) is 0 Å². The van der Waals surface area contributed by atoms with Crippen LogP contribution < -0.4 is 9.64 Å². The highest BCUT2D eigenvalue weighted by Gasteiger charge is 2.15. The van der Waals surface area contributed by atoms with Crippen molar-refractivity contribution in [1.82, 2.24) is 0 Å². The van der Waals surface area contributed by atoms with Gasteiger partial charge in [-0.2, -0.15) is 0 Å². The zero-order chi connectivity index (χ0) is 24.2. The van der Waals surface area contributed by atoms with Crippen LogP contribution in [-0.2, 0) is 16.2 Å². The Kier molecular flexibility index (Phi) is 17.3. The van der Waals surface area contributed by atoms with Gasteiger partial charge in [0.15, 0.2) is 0 Å². The zero-order valence-electron chi connectivity index (χ0n) is 21.2. The lowest BCUT2D eigenvalue weighted by molar-refractivity contribution is -0.131. The van der Waals surface area contributed by atoms with Crippen LogP contribution in [0.5, 0.6) is 5.75 Å². The van der Waals surface area contributed by atoms with E-state index in [1.54, 1.807) is 23.1 Å². The van der Waals surface area contributed by atoms with Gasteiger partial charge in [-0.1, -0.05) is 109 Å². The number of carbonyl (C=O) groups excluding carboxylic acids is 2. The van der Waals surface area contributed by atoms with E-state index < -0.39 is 5.97 Å². The fourth-order valence-corrected chi connectivity index (χ4v) is 4.29. The molecule has 0 spiro atoms. The van der Waals surface area contributed by atoms with Crippen molar-refractivity contribution in [2.45, 2.75) is 123 Å². The van der Waals surface area contributed by atoms with Crippen molar-refractivity contribution < 1.29 is 19.4 Å². The summed E-state index contributed by atoms with van der Waals surface area (Å²) >= 11 is 0. The van der Waals surface area contributed by atoms with Gasteiger partial charge < -0.3 is 14.7 Å². The molecule has 0 aliphatic heterocycles. The predicted molar refractivity (Wildman–Crippen MR) is 137 cm³/mol. The van der Waals surface area contributed by atoms with Gasteiger partial charge in [-0.05, 0) is 18.6 Å². The van der Waals surface area contributed by atoms with Gasteiger partial charge in [-0.25, -0.2) is 0 Å². The summed E-state index contributed by atoms with van der Waals surface area (Å²) in [6.45, 7) is 3.90. The number of amides is 1. The van der Waals surface area contributed by atoms with E-state index in [9.17, 15) is 14.7 Å². The van der Waals surface area contributed by atoms with Crippen molar-refractivity contribution in [3.05, 3.63) is 23.8 Å². The lowest BCUT2D eigenvalue weighted by Gasteiger charge is -2.21. The fourth-order valence-electron chi connectivity index (χ4n) is 4.29. The normalized spacial score (nSPS) is 10.9. The quantitative estimate of drug-likeness (QED) is 0.0900. The Morgan fingerprint density at radius 2 is 1.33 bits per heavy atom. The molecule has 1 rings (SSSR count). The molecule has 1 N–H and O–H groups in total. The number of unbranched alkanes of at least 4 members (excludes halogenated alkanes) is 15. The second-order valence-electron chi connectivity index (χ2n) is 9.11. The summed E-state index contributed by atoms with van der Waals surface area (Å²) in [4.78, 5) is 24.5. The van der Waals surface area contributed by atoms with Crippen molar-refractivity contribution in [3.63, 3.8) is 0 Å². The molecular formula is C28H47NO4. The van der Waals surface area contributed by atoms with Crippen LogP contribution in [0.1, 0.15) is 122 Å². The van der Waals surface area contributed by atoms with Crippen molar-refractivity contribution >= 4 is 18.1 Å². The van der Waals surface area contributed by atoms with E-state index >= 15 is 0 Å². The van der Waals surface area contributed by atoms with Crippen LogP contribution in [-0.4, -0.2) is 24.0 Å². The van der Waals surface area contributed by atoms with E-state index in [0.717, 1.165) is 19.3 Å². The summed E-state index contributed by atoms with van der Waals surface area (Å²) in [6, 6.07) is 5.14. The minimum absolute atomic E-state index is 0.290. The summed E-state index contributed by atoms with van der Waals surface area (Å²) in [5.74, 6) is -0.140. The largest absolute Gasteiger partial charge is 0.426 e. The maximum absolute atomic E-state index is 11.6. The maximum atomic E-state index is 11.6. The third kappa shape index (κ3) is 13.4. The Hall–Kier alpha value is -1.88. The van der Waals surface area contributed by atoms with Gasteiger partial charge in [-0.3, -0.25) is 9.59 Å². The maximum Gasteiger partial charge on any atom is 0.308 e. The summed E-state index contributed by atoms with van der Waals surface area (Å²) in [5.41, 5.74) is 1.07. The molecular weight excluding hydrogens is 414 g/mol. The SMILES string of the molecule is CCCCCCCCCCCCCCCCCCN(C=O)c1cccc(OC(C)=O)c1CO. The number of benzene rings is 1. The molecule has 0 aromatic heterocycles. The van der Waals surface area contributed by atoms with E-state index in [-0.39, 0.29) is 6.61 Å². The van der Waals surface area contributed by atoms with Crippen LogP contribution in [0.25, 0.3) is 0 Å². The molecule has 0 atom stereocenters. The molecule has 0 heterocycles. The summed E-state index contributed by atoms with van der Waals surface area (Å²) in [6.07, 6.45) is 21.8. The lowest BCUT2D eigenvalue weighted by atomic mass is 10.0. The summed E-state index contributed by atoms with van der Waals surface area (Å²) in [7, 11) is 0. The van der Waals surface area contributed by atoms with Gasteiger partial charge in [-0.15, -0.1) is 0 Å². The third-order valence-corrected chi connectivity index (χ3v) is 6.21. The number of aliphatic hydroxyl groups is 1. The monoisotopic (exact) mass is 461 g/mol. The molecule has 1 amide bonds. The Bertz CT molecular complexity index is 647. The smallest absolute Gasteiger partial charge is 0.308 e. The number of anilines is 1. The standard InChI is InChI=1S/C28H47NO4/c1-3-4-5-6-7-8-9-10-11-12-13-14-15-16-17-18-22-29(24-31)27-20-19-21-28(26(27)23-30)33-25(2)32/h19-21,24,30H,3-18,22-23H2,1-2H3. The van der Waals surface area contributed by atoms with Crippen molar-refractivity contribution in [3.8, 4) is 5.75 Å². The molecule has 33 heavy (non-hydrogen) atoms. The van der Waals surface area contributed by atoms with Crippen LogP contribution >= 0.6 is 0 Å². The molecule has 0 aliphatic carbocycles. The first-order chi connectivity index (χ1) is 16.1. The molecule has 0 unspecified atom stereocenters. The first-order valence-electron chi connectivity index (χ1n) is 13.3. The molecule has 188 valence electrons. The molecule has 1 aromatic carbocycles. The molecule has 1 aromatic rings. The Balaban J connectivity index is 2.12. The van der Waals surface area contributed by atoms with Gasteiger partial charge in [0.05, 0.1) is 12.3 Å². The average molecular weight is 462 g/mol. The van der Waals surface area contributed by atoms with E-state index in [0.29, 0.717) is 23.5 Å². The molecule has 0 bridgehead atoms. The van der Waals surface area contributed by atoms with Gasteiger partial charge in [0.2, 0.25) is 6.41 Å². The minimum Gasteiger partial charge on any atom is -0.426 e. The van der Waals surface area contributed by atoms with Gasteiger partial charge >= 0.3 is 5.97 Å². The molecule has 0 fully saturated rings. The van der Waals surface area contributed by atoms with Crippen molar-refractivity contribution in [2.24, 2.45) is 0 Å². The van der Waals surface area contributed by atoms with Gasteiger partial charge in [0, 0.05) is 19.0 Å². The van der Waals surface area contributed by atoms with Crippen LogP contribution in [0.3, 0.4) is 0 Å². The predicted octanol–water partition coefficient (Wildman–Crippen LogP) is 7.33. The van der Waals surface area contributed by atoms with Crippen LogP contribution in [0.15, 0.2) is 18.2 Å². The molecule has 0 radical (unpaired) electrons. The minimum atomic E-state index is -0.447. The van der Waals surface area contributed by atoms with Crippen LogP contribution in [0, 0.1) is 0 Å². The Labute approximate surface area is 201 Å². The third-order valence-electron chi connectivity index (χ3n) is 6.21. The lowest BCUT2D eigenvalue weighted by Crippen LogP contribution is -2.24. The fraction of sp³-hybridized carbons (Fsp3) is 0.714. The van der Waals surface area contributed by atoms with Crippen LogP contribution in [0.4, 0.5) is 5.69 Å². The van der Waals surface area contributed by atoms with Gasteiger partial charge in [0.1, 0.15) is 5.75 Å². The number of hydrogen-bond donors (Lipinski definition) is 1. The number of rotatable bonds is 21. The van der Waals surface area contributed by atoms with E-state index in [4.69, 9.17) is 4.74 Å².